The number of hydrogen-bond donors (Lipinski definition) is 1. The first-order valence-electron chi connectivity index (χ1n) is 3.89. The van der Waals surface area contributed by atoms with Crippen LogP contribution in [0.4, 0.5) is 0 Å². The van der Waals surface area contributed by atoms with E-state index >= 15 is 0 Å². The average Bonchev–Trinajstić information content (AvgIpc) is 2.42. The molecule has 12 heavy (non-hydrogen) atoms. The molecule has 1 aliphatic rings. The van der Waals surface area contributed by atoms with Gasteiger partial charge in [0.1, 0.15) is 0 Å². The number of para-hydroxylation sites is 2. The maximum atomic E-state index is 9.01. The first-order chi connectivity index (χ1) is 5.73. The molecular formula is C9H10N2O. The van der Waals surface area contributed by atoms with Gasteiger partial charge in [-0.25, -0.2) is 0 Å². The van der Waals surface area contributed by atoms with E-state index in [0.717, 1.165) is 10.7 Å². The summed E-state index contributed by atoms with van der Waals surface area (Å²) in [6.45, 7) is 1.77. The predicted molar refractivity (Wildman–Crippen MR) is 44.2 cm³/mol. The standard InChI is InChI=1S/C9H10N2O/c1-9(6-12)10-7-4-2-3-5-8(7)11-9/h2-5,12H,6H2,1H3. The van der Waals surface area contributed by atoms with Gasteiger partial charge in [0.25, 0.3) is 0 Å². The summed E-state index contributed by atoms with van der Waals surface area (Å²) >= 11 is 0. The quantitative estimate of drug-likeness (QED) is 0.602. The first kappa shape index (κ1) is 7.43. The van der Waals surface area contributed by atoms with Crippen molar-refractivity contribution in [3.05, 3.63) is 35.0 Å². The molecule has 1 aromatic rings. The van der Waals surface area contributed by atoms with E-state index in [0.29, 0.717) is 0 Å². The Labute approximate surface area is 70.1 Å². The van der Waals surface area contributed by atoms with Crippen LogP contribution in [0.2, 0.25) is 0 Å². The molecule has 2 rings (SSSR count). The van der Waals surface area contributed by atoms with E-state index in [1.807, 2.05) is 31.2 Å². The zero-order valence-corrected chi connectivity index (χ0v) is 6.86. The van der Waals surface area contributed by atoms with Crippen LogP contribution in [0.25, 0.3) is 0 Å². The molecule has 0 aliphatic carbocycles. The van der Waals surface area contributed by atoms with Gasteiger partial charge >= 0.3 is 0 Å². The summed E-state index contributed by atoms with van der Waals surface area (Å²) in [4.78, 5) is 8.57. The van der Waals surface area contributed by atoms with Crippen LogP contribution in [-0.2, 0) is 0 Å². The number of benzene rings is 1. The Hall–Kier alpha value is -1.22. The zero-order chi connectivity index (χ0) is 8.60. The summed E-state index contributed by atoms with van der Waals surface area (Å²) in [5.74, 6) is 0. The largest absolute Gasteiger partial charge is 0.392 e. The minimum Gasteiger partial charge on any atom is -0.392 e. The normalized spacial score (nSPS) is 17.8. The van der Waals surface area contributed by atoms with E-state index in [1.54, 1.807) is 0 Å². The summed E-state index contributed by atoms with van der Waals surface area (Å²) in [5, 5.41) is 10.7. The molecule has 0 bridgehead atoms. The van der Waals surface area contributed by atoms with Gasteiger partial charge in [-0.1, -0.05) is 12.1 Å². The number of fused-ring (bicyclic) bond motifs is 1. The van der Waals surface area contributed by atoms with Gasteiger partial charge in [0.05, 0.1) is 17.3 Å². The van der Waals surface area contributed by atoms with Crippen LogP contribution < -0.4 is 10.7 Å². The van der Waals surface area contributed by atoms with Crippen LogP contribution in [-0.4, -0.2) is 17.4 Å². The zero-order valence-electron chi connectivity index (χ0n) is 6.86. The molecule has 3 heteroatoms. The highest BCUT2D eigenvalue weighted by molar-refractivity contribution is 5.06. The van der Waals surface area contributed by atoms with E-state index in [4.69, 9.17) is 5.11 Å². The molecule has 62 valence electrons. The number of nitrogens with zero attached hydrogens (tertiary/aromatic N) is 2. The third kappa shape index (κ3) is 1.02. The van der Waals surface area contributed by atoms with Crippen molar-refractivity contribution in [3.8, 4) is 0 Å². The highest BCUT2D eigenvalue weighted by Gasteiger charge is 2.22. The van der Waals surface area contributed by atoms with Crippen molar-refractivity contribution in [2.45, 2.75) is 12.6 Å². The number of aliphatic hydroxyl groups excluding tert-OH is 1. The molecule has 3 nitrogen and oxygen atoms in total. The van der Waals surface area contributed by atoms with Crippen molar-refractivity contribution in [3.63, 3.8) is 0 Å². The second-order valence-corrected chi connectivity index (χ2v) is 3.09. The van der Waals surface area contributed by atoms with Gasteiger partial charge < -0.3 is 5.11 Å². The molecule has 1 aliphatic heterocycles. The van der Waals surface area contributed by atoms with Gasteiger partial charge in [0.15, 0.2) is 5.66 Å². The first-order valence-corrected chi connectivity index (χ1v) is 3.89. The smallest absolute Gasteiger partial charge is 0.171 e. The van der Waals surface area contributed by atoms with E-state index in [1.165, 1.54) is 0 Å². The second kappa shape index (κ2) is 2.38. The van der Waals surface area contributed by atoms with Gasteiger partial charge in [-0.05, 0) is 19.1 Å². The molecular weight excluding hydrogens is 152 g/mol. The summed E-state index contributed by atoms with van der Waals surface area (Å²) < 4.78 is 0. The summed E-state index contributed by atoms with van der Waals surface area (Å²) in [6, 6.07) is 7.64. The second-order valence-electron chi connectivity index (χ2n) is 3.09. The van der Waals surface area contributed by atoms with Gasteiger partial charge in [0.2, 0.25) is 0 Å². The minimum absolute atomic E-state index is 0.0400. The van der Waals surface area contributed by atoms with E-state index in [9.17, 15) is 0 Å². The fourth-order valence-electron chi connectivity index (χ4n) is 1.27. The molecule has 0 saturated carbocycles. The van der Waals surface area contributed by atoms with Crippen molar-refractivity contribution < 1.29 is 5.11 Å². The molecule has 0 aromatic heterocycles. The monoisotopic (exact) mass is 162 g/mol. The van der Waals surface area contributed by atoms with Crippen LogP contribution in [0.1, 0.15) is 6.92 Å². The summed E-state index contributed by atoms with van der Waals surface area (Å²) in [5.41, 5.74) is -0.649. The lowest BCUT2D eigenvalue weighted by atomic mass is 10.2. The number of hydrogen-bond acceptors (Lipinski definition) is 3. The third-order valence-corrected chi connectivity index (χ3v) is 1.90. The van der Waals surface area contributed by atoms with Gasteiger partial charge in [-0.3, -0.25) is 9.98 Å². The Balaban J connectivity index is 2.68. The minimum atomic E-state index is -0.649. The van der Waals surface area contributed by atoms with E-state index < -0.39 is 5.66 Å². The Bertz CT molecular complexity index is 376. The molecule has 0 radical (unpaired) electrons. The van der Waals surface area contributed by atoms with Crippen LogP contribution >= 0.6 is 0 Å². The predicted octanol–water partition coefficient (Wildman–Crippen LogP) is -0.352. The Kier molecular flexibility index (Phi) is 1.48. The van der Waals surface area contributed by atoms with Crippen molar-refractivity contribution in [1.29, 1.82) is 0 Å². The topological polar surface area (TPSA) is 45.0 Å². The van der Waals surface area contributed by atoms with E-state index in [-0.39, 0.29) is 6.61 Å². The molecule has 0 spiro atoms. The van der Waals surface area contributed by atoms with E-state index in [2.05, 4.69) is 9.98 Å². The Morgan fingerprint density at radius 3 is 2.17 bits per heavy atom. The number of aliphatic hydroxyl groups is 1. The highest BCUT2D eigenvalue weighted by atomic mass is 16.3. The maximum Gasteiger partial charge on any atom is 0.171 e. The average molecular weight is 162 g/mol. The SMILES string of the molecule is CC1(CO)N=c2ccccc2=N1. The maximum absolute atomic E-state index is 9.01. The van der Waals surface area contributed by atoms with Gasteiger partial charge in [-0.15, -0.1) is 0 Å². The molecule has 1 heterocycles. The number of rotatable bonds is 1. The molecule has 0 unspecified atom stereocenters. The van der Waals surface area contributed by atoms with Crippen molar-refractivity contribution >= 4 is 0 Å². The van der Waals surface area contributed by atoms with Crippen molar-refractivity contribution in [2.24, 2.45) is 9.98 Å². The van der Waals surface area contributed by atoms with Crippen molar-refractivity contribution in [1.82, 2.24) is 0 Å². The third-order valence-electron chi connectivity index (χ3n) is 1.90. The molecule has 0 amide bonds. The van der Waals surface area contributed by atoms with Crippen LogP contribution in [0, 0.1) is 0 Å². The highest BCUT2D eigenvalue weighted by Crippen LogP contribution is 2.10. The fourth-order valence-corrected chi connectivity index (χ4v) is 1.27. The van der Waals surface area contributed by atoms with Gasteiger partial charge in [0, 0.05) is 0 Å². The molecule has 0 saturated heterocycles. The van der Waals surface area contributed by atoms with Crippen molar-refractivity contribution in [2.75, 3.05) is 6.61 Å². The Morgan fingerprint density at radius 1 is 1.25 bits per heavy atom. The fraction of sp³-hybridized carbons (Fsp3) is 0.333. The molecule has 1 N–H and O–H groups in total. The van der Waals surface area contributed by atoms with Crippen LogP contribution in [0.3, 0.4) is 0 Å². The van der Waals surface area contributed by atoms with Gasteiger partial charge in [-0.2, -0.15) is 0 Å². The van der Waals surface area contributed by atoms with Crippen LogP contribution in [0.15, 0.2) is 34.3 Å². The Morgan fingerprint density at radius 2 is 1.75 bits per heavy atom. The summed E-state index contributed by atoms with van der Waals surface area (Å²) in [7, 11) is 0. The van der Waals surface area contributed by atoms with Crippen LogP contribution in [0.5, 0.6) is 0 Å². The molecule has 0 fully saturated rings. The lowest BCUT2D eigenvalue weighted by molar-refractivity contribution is 0.215. The molecule has 0 atom stereocenters. The lowest BCUT2D eigenvalue weighted by Crippen LogP contribution is -2.22. The summed E-state index contributed by atoms with van der Waals surface area (Å²) in [6.07, 6.45) is 0. The molecule has 1 aromatic carbocycles. The lowest BCUT2D eigenvalue weighted by Gasteiger charge is -2.11.